The summed E-state index contributed by atoms with van der Waals surface area (Å²) in [6, 6.07) is 0. The zero-order chi connectivity index (χ0) is 16.9. The van der Waals surface area contributed by atoms with E-state index in [0.717, 1.165) is 32.4 Å². The Balaban J connectivity index is 2.59. The smallest absolute Gasteiger partial charge is 0.225 e. The summed E-state index contributed by atoms with van der Waals surface area (Å²) >= 11 is 0. The third-order valence-electron chi connectivity index (χ3n) is 5.47. The normalized spacial score (nSPS) is 20.0. The summed E-state index contributed by atoms with van der Waals surface area (Å²) in [5.74, 6) is 0.628. The van der Waals surface area contributed by atoms with Crippen molar-refractivity contribution in [3.63, 3.8) is 0 Å². The van der Waals surface area contributed by atoms with E-state index < -0.39 is 8.32 Å². The molecule has 22 heavy (non-hydrogen) atoms. The van der Waals surface area contributed by atoms with Gasteiger partial charge in [0, 0.05) is 19.0 Å². The fourth-order valence-electron chi connectivity index (χ4n) is 4.47. The van der Waals surface area contributed by atoms with Crippen LogP contribution in [0.5, 0.6) is 0 Å². The van der Waals surface area contributed by atoms with Crippen molar-refractivity contribution < 1.29 is 9.22 Å². The fourth-order valence-corrected chi connectivity index (χ4v) is 9.92. The number of likely N-dealkylation sites (tertiary alicyclic amines) is 1. The molecule has 1 unspecified atom stereocenters. The molecule has 4 heteroatoms. The second kappa shape index (κ2) is 8.49. The van der Waals surface area contributed by atoms with Crippen molar-refractivity contribution in [1.29, 1.82) is 0 Å². The number of hydrogen-bond donors (Lipinski definition) is 0. The Hall–Kier alpha value is -0.353. The highest BCUT2D eigenvalue weighted by molar-refractivity contribution is 6.77. The van der Waals surface area contributed by atoms with Crippen LogP contribution in [0.15, 0.2) is 0 Å². The molecule has 0 N–H and O–H groups in total. The van der Waals surface area contributed by atoms with Gasteiger partial charge in [-0.25, -0.2) is 0 Å². The largest absolute Gasteiger partial charge is 0.414 e. The number of carbonyl (C=O) groups excluding carboxylic acids is 1. The van der Waals surface area contributed by atoms with Gasteiger partial charge in [-0.1, -0.05) is 54.9 Å². The van der Waals surface area contributed by atoms with Crippen molar-refractivity contribution in [2.24, 2.45) is 5.92 Å². The van der Waals surface area contributed by atoms with Crippen LogP contribution in [0.1, 0.15) is 67.7 Å². The van der Waals surface area contributed by atoms with Crippen LogP contribution in [0.25, 0.3) is 0 Å². The average Bonchev–Trinajstić information content (AvgIpc) is 2.75. The van der Waals surface area contributed by atoms with Crippen LogP contribution >= 0.6 is 0 Å². The lowest BCUT2D eigenvalue weighted by Gasteiger charge is -2.42. The van der Waals surface area contributed by atoms with E-state index in [-0.39, 0.29) is 5.92 Å². The zero-order valence-electron chi connectivity index (χ0n) is 15.8. The minimum atomic E-state index is -1.79. The second-order valence-electron chi connectivity index (χ2n) is 7.77. The van der Waals surface area contributed by atoms with Crippen LogP contribution in [-0.4, -0.2) is 38.8 Å². The Labute approximate surface area is 138 Å². The maximum atomic E-state index is 12.3. The highest BCUT2D eigenvalue weighted by Crippen LogP contribution is 2.42. The van der Waals surface area contributed by atoms with Gasteiger partial charge in [-0.15, -0.1) is 0 Å². The average molecular weight is 328 g/mol. The van der Waals surface area contributed by atoms with Crippen molar-refractivity contribution in [2.75, 3.05) is 19.7 Å². The van der Waals surface area contributed by atoms with Crippen molar-refractivity contribution in [3.8, 4) is 0 Å². The maximum absolute atomic E-state index is 12.3. The minimum absolute atomic E-state index is 0.271. The van der Waals surface area contributed by atoms with Crippen molar-refractivity contribution in [1.82, 2.24) is 4.90 Å². The third-order valence-corrected chi connectivity index (χ3v) is 11.6. The summed E-state index contributed by atoms with van der Waals surface area (Å²) in [6.45, 7) is 18.4. The molecule has 3 nitrogen and oxygen atoms in total. The Bertz CT molecular complexity index is 333. The van der Waals surface area contributed by atoms with E-state index in [1.807, 2.05) is 4.90 Å². The number of nitrogens with zero attached hydrogens (tertiary/aromatic N) is 1. The van der Waals surface area contributed by atoms with Gasteiger partial charge in [0.05, 0.1) is 6.61 Å². The summed E-state index contributed by atoms with van der Waals surface area (Å²) in [5, 5.41) is 0. The summed E-state index contributed by atoms with van der Waals surface area (Å²) in [5.41, 5.74) is 1.82. The predicted octanol–water partition coefficient (Wildman–Crippen LogP) is 4.83. The standard InChI is InChI=1S/C18H37NO2Si/c1-8-9-17-10-11-19(18(17)20)12-13-21-22(14(2)3,15(4)5)16(6)7/h14-17H,8-13H2,1-7H3. The van der Waals surface area contributed by atoms with Crippen LogP contribution in [0.2, 0.25) is 16.6 Å². The Morgan fingerprint density at radius 3 is 2.14 bits per heavy atom. The molecular weight excluding hydrogens is 290 g/mol. The van der Waals surface area contributed by atoms with Crippen LogP contribution in [-0.2, 0) is 9.22 Å². The van der Waals surface area contributed by atoms with E-state index in [2.05, 4.69) is 48.5 Å². The first-order valence-electron chi connectivity index (χ1n) is 9.20. The van der Waals surface area contributed by atoms with Crippen LogP contribution in [0, 0.1) is 5.92 Å². The lowest BCUT2D eigenvalue weighted by atomic mass is 10.0. The first-order chi connectivity index (χ1) is 10.3. The molecule has 1 aliphatic rings. The van der Waals surface area contributed by atoms with Gasteiger partial charge in [0.1, 0.15) is 0 Å². The Kier molecular flexibility index (Phi) is 7.60. The van der Waals surface area contributed by atoms with Gasteiger partial charge in [0.25, 0.3) is 0 Å². The summed E-state index contributed by atoms with van der Waals surface area (Å²) < 4.78 is 6.56. The molecule has 1 aliphatic heterocycles. The van der Waals surface area contributed by atoms with Gasteiger partial charge >= 0.3 is 0 Å². The number of amides is 1. The Morgan fingerprint density at radius 2 is 1.68 bits per heavy atom. The second-order valence-corrected chi connectivity index (χ2v) is 13.2. The van der Waals surface area contributed by atoms with Gasteiger partial charge in [-0.05, 0) is 29.5 Å². The van der Waals surface area contributed by atoms with Gasteiger partial charge in [-0.2, -0.15) is 0 Å². The van der Waals surface area contributed by atoms with Crippen LogP contribution < -0.4 is 0 Å². The quantitative estimate of drug-likeness (QED) is 0.568. The lowest BCUT2D eigenvalue weighted by molar-refractivity contribution is -0.131. The fraction of sp³-hybridized carbons (Fsp3) is 0.944. The van der Waals surface area contributed by atoms with E-state index in [1.165, 1.54) is 0 Å². The minimum Gasteiger partial charge on any atom is -0.414 e. The molecule has 1 saturated heterocycles. The van der Waals surface area contributed by atoms with Gasteiger partial charge in [0.2, 0.25) is 5.91 Å². The van der Waals surface area contributed by atoms with E-state index in [9.17, 15) is 4.79 Å². The van der Waals surface area contributed by atoms with E-state index in [1.54, 1.807) is 0 Å². The monoisotopic (exact) mass is 327 g/mol. The highest BCUT2D eigenvalue weighted by Gasteiger charge is 2.45. The number of carbonyl (C=O) groups is 1. The van der Waals surface area contributed by atoms with Gasteiger partial charge < -0.3 is 9.33 Å². The molecule has 0 saturated carbocycles. The SMILES string of the molecule is CCCC1CCN(CCO[Si](C(C)C)(C(C)C)C(C)C)C1=O. The predicted molar refractivity (Wildman–Crippen MR) is 96.6 cm³/mol. The number of rotatable bonds is 9. The van der Waals surface area contributed by atoms with Gasteiger partial charge in [0.15, 0.2) is 8.32 Å². The highest BCUT2D eigenvalue weighted by atomic mass is 28.4. The van der Waals surface area contributed by atoms with Crippen molar-refractivity contribution in [3.05, 3.63) is 0 Å². The van der Waals surface area contributed by atoms with Crippen LogP contribution in [0.4, 0.5) is 0 Å². The number of hydrogen-bond acceptors (Lipinski definition) is 2. The van der Waals surface area contributed by atoms with Crippen molar-refractivity contribution in [2.45, 2.75) is 84.4 Å². The summed E-state index contributed by atoms with van der Waals surface area (Å²) in [7, 11) is -1.79. The molecule has 1 atom stereocenters. The van der Waals surface area contributed by atoms with E-state index in [4.69, 9.17) is 4.43 Å². The van der Waals surface area contributed by atoms with E-state index >= 15 is 0 Å². The Morgan fingerprint density at radius 1 is 1.14 bits per heavy atom. The molecule has 0 spiro atoms. The molecule has 0 aliphatic carbocycles. The van der Waals surface area contributed by atoms with E-state index in [0.29, 0.717) is 29.1 Å². The molecule has 0 aromatic carbocycles. The molecule has 0 aromatic heterocycles. The maximum Gasteiger partial charge on any atom is 0.225 e. The first-order valence-corrected chi connectivity index (χ1v) is 11.3. The molecular formula is C18H37NO2Si. The topological polar surface area (TPSA) is 29.5 Å². The molecule has 130 valence electrons. The first kappa shape index (κ1) is 19.7. The molecule has 1 rings (SSSR count). The molecule has 1 amide bonds. The molecule has 1 fully saturated rings. The lowest BCUT2D eigenvalue weighted by Crippen LogP contribution is -2.49. The van der Waals surface area contributed by atoms with Gasteiger partial charge in [-0.3, -0.25) is 4.79 Å². The summed E-state index contributed by atoms with van der Waals surface area (Å²) in [6.07, 6.45) is 3.18. The summed E-state index contributed by atoms with van der Waals surface area (Å²) in [4.78, 5) is 14.4. The zero-order valence-corrected chi connectivity index (χ0v) is 16.8. The third kappa shape index (κ3) is 4.13. The molecule has 0 radical (unpaired) electrons. The molecule has 0 bridgehead atoms. The van der Waals surface area contributed by atoms with Crippen LogP contribution in [0.3, 0.4) is 0 Å². The molecule has 0 aromatic rings. The van der Waals surface area contributed by atoms with Crippen molar-refractivity contribution >= 4 is 14.2 Å². The molecule has 1 heterocycles.